The zero-order chi connectivity index (χ0) is 13.9. The summed E-state index contributed by atoms with van der Waals surface area (Å²) in [6.07, 6.45) is 1.73. The first-order valence-corrected chi connectivity index (χ1v) is 6.54. The van der Waals surface area contributed by atoms with Crippen molar-refractivity contribution in [2.24, 2.45) is 5.73 Å². The first-order valence-electron chi connectivity index (χ1n) is 6.54. The van der Waals surface area contributed by atoms with Gasteiger partial charge in [-0.3, -0.25) is 0 Å². The number of nitrogens with two attached hydrogens (primary N) is 1. The van der Waals surface area contributed by atoms with E-state index < -0.39 is 0 Å². The summed E-state index contributed by atoms with van der Waals surface area (Å²) in [6, 6.07) is 17.8. The normalized spacial score (nSPS) is 12.3. The number of rotatable bonds is 3. The Hall–Kier alpha value is -2.46. The van der Waals surface area contributed by atoms with Gasteiger partial charge in [-0.25, -0.2) is 4.68 Å². The van der Waals surface area contributed by atoms with Crippen LogP contribution in [0.3, 0.4) is 0 Å². The van der Waals surface area contributed by atoms with E-state index in [2.05, 4.69) is 23.3 Å². The van der Waals surface area contributed by atoms with E-state index in [0.29, 0.717) is 0 Å². The summed E-state index contributed by atoms with van der Waals surface area (Å²) in [5.74, 6) is 0. The first-order chi connectivity index (χ1) is 9.77. The smallest absolute Gasteiger partial charge is 0.0858 e. The van der Waals surface area contributed by atoms with Crippen molar-refractivity contribution in [3.63, 3.8) is 0 Å². The summed E-state index contributed by atoms with van der Waals surface area (Å²) in [4.78, 5) is 0. The van der Waals surface area contributed by atoms with Crippen LogP contribution in [-0.4, -0.2) is 15.0 Å². The van der Waals surface area contributed by atoms with Gasteiger partial charge in [0.05, 0.1) is 23.6 Å². The van der Waals surface area contributed by atoms with Gasteiger partial charge < -0.3 is 5.73 Å². The van der Waals surface area contributed by atoms with Crippen molar-refractivity contribution in [2.75, 3.05) is 0 Å². The average Bonchev–Trinajstić information content (AvgIpc) is 2.97. The van der Waals surface area contributed by atoms with Gasteiger partial charge in [-0.15, -0.1) is 5.10 Å². The number of hydrogen-bond donors (Lipinski definition) is 1. The molecule has 2 aromatic carbocycles. The Morgan fingerprint density at radius 1 is 1.00 bits per heavy atom. The number of hydrogen-bond acceptors (Lipinski definition) is 3. The largest absolute Gasteiger partial charge is 0.319 e. The molecule has 0 bridgehead atoms. The molecule has 4 heteroatoms. The van der Waals surface area contributed by atoms with Crippen LogP contribution in [0, 0.1) is 6.92 Å². The number of nitrogens with zero attached hydrogens (tertiary/aromatic N) is 3. The van der Waals surface area contributed by atoms with Crippen molar-refractivity contribution < 1.29 is 0 Å². The third kappa shape index (κ3) is 2.21. The summed E-state index contributed by atoms with van der Waals surface area (Å²) in [5.41, 5.74) is 10.5. The Bertz CT molecular complexity index is 703. The number of aryl methyl sites for hydroxylation is 1. The van der Waals surface area contributed by atoms with E-state index in [0.717, 1.165) is 16.9 Å². The van der Waals surface area contributed by atoms with Gasteiger partial charge in [0.25, 0.3) is 0 Å². The predicted octanol–water partition coefficient (Wildman–Crippen LogP) is 2.62. The minimum atomic E-state index is -0.244. The summed E-state index contributed by atoms with van der Waals surface area (Å²) < 4.78 is 1.79. The third-order valence-corrected chi connectivity index (χ3v) is 3.42. The summed E-state index contributed by atoms with van der Waals surface area (Å²) in [7, 11) is 0. The van der Waals surface area contributed by atoms with Crippen molar-refractivity contribution in [1.29, 1.82) is 0 Å². The highest BCUT2D eigenvalue weighted by atomic mass is 15.4. The lowest BCUT2D eigenvalue weighted by Crippen LogP contribution is -2.17. The maximum Gasteiger partial charge on any atom is 0.0858 e. The zero-order valence-electron chi connectivity index (χ0n) is 11.3. The molecule has 2 N–H and O–H groups in total. The minimum Gasteiger partial charge on any atom is -0.319 e. The Labute approximate surface area is 117 Å². The second-order valence-corrected chi connectivity index (χ2v) is 4.74. The fourth-order valence-electron chi connectivity index (χ4n) is 2.32. The minimum absolute atomic E-state index is 0.244. The van der Waals surface area contributed by atoms with Crippen LogP contribution >= 0.6 is 0 Å². The van der Waals surface area contributed by atoms with Gasteiger partial charge in [0, 0.05) is 0 Å². The molecule has 0 aliphatic carbocycles. The van der Waals surface area contributed by atoms with Crippen molar-refractivity contribution in [3.8, 4) is 5.69 Å². The molecule has 1 atom stereocenters. The number of aromatic nitrogens is 3. The molecule has 100 valence electrons. The molecule has 3 aromatic rings. The molecular weight excluding hydrogens is 248 g/mol. The van der Waals surface area contributed by atoms with Crippen LogP contribution in [0.4, 0.5) is 0 Å². The van der Waals surface area contributed by atoms with Crippen LogP contribution in [0.25, 0.3) is 5.69 Å². The van der Waals surface area contributed by atoms with E-state index in [9.17, 15) is 0 Å². The van der Waals surface area contributed by atoms with Crippen molar-refractivity contribution in [3.05, 3.63) is 77.6 Å². The summed E-state index contributed by atoms with van der Waals surface area (Å²) in [5, 5.41) is 8.16. The zero-order valence-corrected chi connectivity index (χ0v) is 11.3. The molecule has 0 spiro atoms. The van der Waals surface area contributed by atoms with Gasteiger partial charge in [-0.05, 0) is 30.2 Å². The predicted molar refractivity (Wildman–Crippen MR) is 78.6 cm³/mol. The van der Waals surface area contributed by atoms with Gasteiger partial charge in [0.2, 0.25) is 0 Å². The summed E-state index contributed by atoms with van der Waals surface area (Å²) >= 11 is 0. The molecule has 1 heterocycles. The molecule has 0 saturated carbocycles. The molecule has 0 fully saturated rings. The fraction of sp³-hybridized carbons (Fsp3) is 0.125. The maximum absolute atomic E-state index is 6.40. The molecular formula is C16H16N4. The van der Waals surface area contributed by atoms with Gasteiger partial charge in [-0.2, -0.15) is 0 Å². The second-order valence-electron chi connectivity index (χ2n) is 4.74. The van der Waals surface area contributed by atoms with E-state index in [1.165, 1.54) is 5.56 Å². The highest BCUT2D eigenvalue weighted by Crippen LogP contribution is 2.23. The van der Waals surface area contributed by atoms with E-state index >= 15 is 0 Å². The fourth-order valence-corrected chi connectivity index (χ4v) is 2.32. The van der Waals surface area contributed by atoms with Gasteiger partial charge >= 0.3 is 0 Å². The van der Waals surface area contributed by atoms with E-state index in [1.807, 2.05) is 48.5 Å². The molecule has 0 aliphatic rings. The third-order valence-electron chi connectivity index (χ3n) is 3.42. The SMILES string of the molecule is Cc1ccccc1C(N)c1cnnn1-c1ccccc1. The standard InChI is InChI=1S/C16H16N4/c1-12-7-5-6-10-14(12)16(17)15-11-18-19-20(15)13-8-3-2-4-9-13/h2-11,16H,17H2,1H3. The molecule has 0 aliphatic heterocycles. The molecule has 1 unspecified atom stereocenters. The lowest BCUT2D eigenvalue weighted by Gasteiger charge is -2.15. The van der Waals surface area contributed by atoms with Gasteiger partial charge in [0.15, 0.2) is 0 Å². The Morgan fingerprint density at radius 2 is 1.70 bits per heavy atom. The lowest BCUT2D eigenvalue weighted by molar-refractivity contribution is 0.717. The van der Waals surface area contributed by atoms with Crippen LogP contribution < -0.4 is 5.73 Å². The maximum atomic E-state index is 6.40. The number of benzene rings is 2. The molecule has 3 rings (SSSR count). The van der Waals surface area contributed by atoms with Crippen LogP contribution in [0.5, 0.6) is 0 Å². The topological polar surface area (TPSA) is 56.7 Å². The van der Waals surface area contributed by atoms with Gasteiger partial charge in [0.1, 0.15) is 0 Å². The first kappa shape index (κ1) is 12.6. The Kier molecular flexibility index (Phi) is 3.31. The van der Waals surface area contributed by atoms with E-state index in [-0.39, 0.29) is 6.04 Å². The van der Waals surface area contributed by atoms with Gasteiger partial charge in [-0.1, -0.05) is 47.7 Å². The summed E-state index contributed by atoms with van der Waals surface area (Å²) in [6.45, 7) is 2.06. The van der Waals surface area contributed by atoms with Crippen molar-refractivity contribution in [2.45, 2.75) is 13.0 Å². The molecule has 1 aromatic heterocycles. The van der Waals surface area contributed by atoms with Crippen LogP contribution in [-0.2, 0) is 0 Å². The molecule has 20 heavy (non-hydrogen) atoms. The van der Waals surface area contributed by atoms with Crippen LogP contribution in [0.2, 0.25) is 0 Å². The average molecular weight is 264 g/mol. The van der Waals surface area contributed by atoms with E-state index in [1.54, 1.807) is 10.9 Å². The van der Waals surface area contributed by atoms with Crippen LogP contribution in [0.1, 0.15) is 22.9 Å². The van der Waals surface area contributed by atoms with Crippen molar-refractivity contribution >= 4 is 0 Å². The Morgan fingerprint density at radius 3 is 2.45 bits per heavy atom. The highest BCUT2D eigenvalue weighted by Gasteiger charge is 2.17. The van der Waals surface area contributed by atoms with Crippen molar-refractivity contribution in [1.82, 2.24) is 15.0 Å². The van der Waals surface area contributed by atoms with E-state index in [4.69, 9.17) is 5.73 Å². The lowest BCUT2D eigenvalue weighted by atomic mass is 10.00. The number of para-hydroxylation sites is 1. The second kappa shape index (κ2) is 5.27. The van der Waals surface area contributed by atoms with Crippen LogP contribution in [0.15, 0.2) is 60.8 Å². The molecule has 0 saturated heterocycles. The Balaban J connectivity index is 2.04. The quantitative estimate of drug-likeness (QED) is 0.791. The molecule has 0 radical (unpaired) electrons. The highest BCUT2D eigenvalue weighted by molar-refractivity contribution is 5.37. The molecule has 4 nitrogen and oxygen atoms in total. The molecule has 0 amide bonds. The monoisotopic (exact) mass is 264 g/mol.